The lowest BCUT2D eigenvalue weighted by Gasteiger charge is -2.42. The van der Waals surface area contributed by atoms with Crippen molar-refractivity contribution in [3.8, 4) is 5.75 Å². The summed E-state index contributed by atoms with van der Waals surface area (Å²) in [5.41, 5.74) is 0.122. The Labute approximate surface area is 144 Å². The lowest BCUT2D eigenvalue weighted by Crippen LogP contribution is -2.65. The number of carbonyl (C=O) groups excluding carboxylic acids is 2. The van der Waals surface area contributed by atoms with Crippen LogP contribution in [0.2, 0.25) is 0 Å². The number of rotatable bonds is 5. The quantitative estimate of drug-likeness (QED) is 0.484. The maximum atomic E-state index is 11.8. The minimum atomic E-state index is -1.44. The second kappa shape index (κ2) is 8.26. The van der Waals surface area contributed by atoms with Gasteiger partial charge in [-0.3, -0.25) is 4.79 Å². The van der Waals surface area contributed by atoms with Gasteiger partial charge in [-0.15, -0.1) is 0 Å². The molecule has 1 aliphatic heterocycles. The van der Waals surface area contributed by atoms with E-state index in [0.717, 1.165) is 0 Å². The standard InChI is InChI=1S/C16H21NO8/c1-8(19)17-12-14(21)13(20)11(7-18)25-16(12)24-10-6-4-3-5-9(10)15(22)23-2/h3-6,11-14,16,18,20-21H,7H2,1-2H3,(H,17,19)/t11-,12+,13-,14+,16+/m1/s1. The van der Waals surface area contributed by atoms with Crippen molar-refractivity contribution in [2.45, 2.75) is 37.6 Å². The zero-order chi connectivity index (χ0) is 18.6. The van der Waals surface area contributed by atoms with Crippen LogP contribution >= 0.6 is 0 Å². The number of hydrogen-bond donors (Lipinski definition) is 4. The Bertz CT molecular complexity index is 622. The van der Waals surface area contributed by atoms with Gasteiger partial charge in [0.05, 0.1) is 13.7 Å². The van der Waals surface area contributed by atoms with E-state index in [-0.39, 0.29) is 11.3 Å². The van der Waals surface area contributed by atoms with Gasteiger partial charge in [-0.05, 0) is 12.1 Å². The predicted molar refractivity (Wildman–Crippen MR) is 83.8 cm³/mol. The summed E-state index contributed by atoms with van der Waals surface area (Å²) in [5.74, 6) is -1.01. The summed E-state index contributed by atoms with van der Waals surface area (Å²) in [4.78, 5) is 23.2. The number of amides is 1. The summed E-state index contributed by atoms with van der Waals surface area (Å²) < 4.78 is 15.8. The Balaban J connectivity index is 2.30. The van der Waals surface area contributed by atoms with Gasteiger partial charge in [-0.2, -0.15) is 0 Å². The molecular formula is C16H21NO8. The molecule has 138 valence electrons. The zero-order valence-corrected chi connectivity index (χ0v) is 13.8. The molecule has 1 saturated heterocycles. The van der Waals surface area contributed by atoms with E-state index < -0.39 is 49.1 Å². The Morgan fingerprint density at radius 2 is 1.92 bits per heavy atom. The number of carbonyl (C=O) groups is 2. The maximum absolute atomic E-state index is 11.8. The molecule has 5 atom stereocenters. The highest BCUT2D eigenvalue weighted by Crippen LogP contribution is 2.27. The van der Waals surface area contributed by atoms with Crippen LogP contribution in [0.5, 0.6) is 5.75 Å². The van der Waals surface area contributed by atoms with Gasteiger partial charge >= 0.3 is 5.97 Å². The number of aliphatic hydroxyl groups is 3. The summed E-state index contributed by atoms with van der Waals surface area (Å²) in [5, 5.41) is 31.9. The van der Waals surface area contributed by atoms with Crippen molar-refractivity contribution in [1.82, 2.24) is 5.32 Å². The van der Waals surface area contributed by atoms with Gasteiger partial charge in [0, 0.05) is 6.92 Å². The number of benzene rings is 1. The Morgan fingerprint density at radius 1 is 1.24 bits per heavy atom. The highest BCUT2D eigenvalue weighted by Gasteiger charge is 2.46. The van der Waals surface area contributed by atoms with Crippen LogP contribution in [-0.2, 0) is 14.3 Å². The molecule has 0 unspecified atom stereocenters. The fraction of sp³-hybridized carbons (Fsp3) is 0.500. The molecule has 1 amide bonds. The fourth-order valence-electron chi connectivity index (χ4n) is 2.54. The molecule has 1 fully saturated rings. The first-order chi connectivity index (χ1) is 11.9. The van der Waals surface area contributed by atoms with Crippen LogP contribution in [0.4, 0.5) is 0 Å². The number of methoxy groups -OCH3 is 1. The molecule has 0 spiro atoms. The normalized spacial score (nSPS) is 28.9. The number of para-hydroxylation sites is 1. The van der Waals surface area contributed by atoms with Crippen molar-refractivity contribution < 1.29 is 39.1 Å². The van der Waals surface area contributed by atoms with E-state index in [2.05, 4.69) is 10.1 Å². The molecular weight excluding hydrogens is 334 g/mol. The third kappa shape index (κ3) is 4.26. The molecule has 1 heterocycles. The minimum Gasteiger partial charge on any atom is -0.465 e. The molecule has 4 N–H and O–H groups in total. The topological polar surface area (TPSA) is 135 Å². The highest BCUT2D eigenvalue weighted by atomic mass is 16.7. The van der Waals surface area contributed by atoms with Crippen LogP contribution in [0.15, 0.2) is 24.3 Å². The van der Waals surface area contributed by atoms with Crippen LogP contribution in [0.3, 0.4) is 0 Å². The Kier molecular flexibility index (Phi) is 6.32. The van der Waals surface area contributed by atoms with Crippen molar-refractivity contribution in [2.75, 3.05) is 13.7 Å². The second-order valence-corrected chi connectivity index (χ2v) is 5.54. The van der Waals surface area contributed by atoms with E-state index in [1.54, 1.807) is 12.1 Å². The van der Waals surface area contributed by atoms with Crippen LogP contribution in [0, 0.1) is 0 Å². The van der Waals surface area contributed by atoms with Crippen molar-refractivity contribution in [3.63, 3.8) is 0 Å². The summed E-state index contributed by atoms with van der Waals surface area (Å²) in [6, 6.07) is 5.09. The largest absolute Gasteiger partial charge is 0.465 e. The lowest BCUT2D eigenvalue weighted by molar-refractivity contribution is -0.244. The molecule has 25 heavy (non-hydrogen) atoms. The molecule has 1 aromatic rings. The van der Waals surface area contributed by atoms with Crippen LogP contribution < -0.4 is 10.1 Å². The van der Waals surface area contributed by atoms with E-state index in [4.69, 9.17) is 9.47 Å². The summed E-state index contributed by atoms with van der Waals surface area (Å²) >= 11 is 0. The van der Waals surface area contributed by atoms with Crippen LogP contribution in [0.25, 0.3) is 0 Å². The Morgan fingerprint density at radius 3 is 2.52 bits per heavy atom. The number of ether oxygens (including phenoxy) is 3. The third-order valence-corrected chi connectivity index (χ3v) is 3.79. The van der Waals surface area contributed by atoms with Gasteiger partial charge in [-0.25, -0.2) is 4.79 Å². The first kappa shape index (κ1) is 19.1. The third-order valence-electron chi connectivity index (χ3n) is 3.79. The first-order valence-corrected chi connectivity index (χ1v) is 7.62. The first-order valence-electron chi connectivity index (χ1n) is 7.62. The zero-order valence-electron chi connectivity index (χ0n) is 13.8. The van der Waals surface area contributed by atoms with Gasteiger partial charge in [-0.1, -0.05) is 12.1 Å². The number of aliphatic hydroxyl groups excluding tert-OH is 3. The van der Waals surface area contributed by atoms with Gasteiger partial charge < -0.3 is 34.8 Å². The monoisotopic (exact) mass is 355 g/mol. The number of nitrogens with one attached hydrogen (secondary N) is 1. The average Bonchev–Trinajstić information content (AvgIpc) is 2.60. The van der Waals surface area contributed by atoms with Crippen LogP contribution in [-0.4, -0.2) is 71.6 Å². The Hall–Kier alpha value is -2.20. The van der Waals surface area contributed by atoms with Gasteiger partial charge in [0.25, 0.3) is 0 Å². The summed E-state index contributed by atoms with van der Waals surface area (Å²) in [7, 11) is 1.22. The summed E-state index contributed by atoms with van der Waals surface area (Å²) in [6.07, 6.45) is -5.22. The van der Waals surface area contributed by atoms with Crippen molar-refractivity contribution in [3.05, 3.63) is 29.8 Å². The highest BCUT2D eigenvalue weighted by molar-refractivity contribution is 5.92. The molecule has 9 nitrogen and oxygen atoms in total. The van der Waals surface area contributed by atoms with Gasteiger partial charge in [0.1, 0.15) is 35.7 Å². The molecule has 0 aliphatic carbocycles. The number of hydrogen-bond acceptors (Lipinski definition) is 8. The number of esters is 1. The smallest absolute Gasteiger partial charge is 0.341 e. The second-order valence-electron chi connectivity index (χ2n) is 5.54. The molecule has 1 aromatic carbocycles. The van der Waals surface area contributed by atoms with Gasteiger partial charge in [0.2, 0.25) is 12.2 Å². The summed E-state index contributed by atoms with van der Waals surface area (Å²) in [6.45, 7) is 0.667. The van der Waals surface area contributed by atoms with Crippen LogP contribution in [0.1, 0.15) is 17.3 Å². The van der Waals surface area contributed by atoms with Crippen molar-refractivity contribution >= 4 is 11.9 Å². The predicted octanol–water partition coefficient (Wildman–Crippen LogP) is -1.20. The molecule has 2 rings (SSSR count). The van der Waals surface area contributed by atoms with E-state index in [1.165, 1.54) is 26.2 Å². The molecule has 9 heteroatoms. The van der Waals surface area contributed by atoms with E-state index in [9.17, 15) is 24.9 Å². The van der Waals surface area contributed by atoms with E-state index >= 15 is 0 Å². The molecule has 0 aromatic heterocycles. The van der Waals surface area contributed by atoms with Crippen molar-refractivity contribution in [1.29, 1.82) is 0 Å². The molecule has 1 aliphatic rings. The maximum Gasteiger partial charge on any atom is 0.341 e. The average molecular weight is 355 g/mol. The van der Waals surface area contributed by atoms with Gasteiger partial charge in [0.15, 0.2) is 0 Å². The van der Waals surface area contributed by atoms with Crippen molar-refractivity contribution in [2.24, 2.45) is 0 Å². The van der Waals surface area contributed by atoms with E-state index in [0.29, 0.717) is 0 Å². The SMILES string of the molecule is COC(=O)c1ccccc1O[C@H]1O[C@H](CO)[C@@H](O)[C@@H](O)[C@@H]1NC(C)=O. The van der Waals surface area contributed by atoms with E-state index in [1.807, 2.05) is 0 Å². The lowest BCUT2D eigenvalue weighted by atomic mass is 9.97. The molecule has 0 radical (unpaired) electrons. The minimum absolute atomic E-state index is 0.106. The molecule has 0 bridgehead atoms. The molecule has 0 saturated carbocycles. The fourth-order valence-corrected chi connectivity index (χ4v) is 2.54.